The number of rotatable bonds is 4. The van der Waals surface area contributed by atoms with Crippen LogP contribution in [-0.4, -0.2) is 20.2 Å². The third kappa shape index (κ3) is 2.73. The molecule has 0 bridgehead atoms. The Bertz CT molecular complexity index is 673. The first kappa shape index (κ1) is 12.5. The molecule has 0 atom stereocenters. The number of nitrogens with two attached hydrogens (primary N) is 1. The highest BCUT2D eigenvalue weighted by Crippen LogP contribution is 2.16. The van der Waals surface area contributed by atoms with Crippen molar-refractivity contribution in [2.45, 2.75) is 13.0 Å². The molecule has 20 heavy (non-hydrogen) atoms. The lowest BCUT2D eigenvalue weighted by Gasteiger charge is -1.98. The smallest absolute Gasteiger partial charge is 0.181 e. The summed E-state index contributed by atoms with van der Waals surface area (Å²) in [5.41, 5.74) is 8.77. The number of aromatic nitrogens is 4. The quantitative estimate of drug-likeness (QED) is 0.755. The van der Waals surface area contributed by atoms with Crippen LogP contribution in [0.1, 0.15) is 17.0 Å². The number of nitrogens with zero attached hydrogens (tertiary/aromatic N) is 3. The number of H-pyrrole nitrogens is 1. The normalized spacial score (nSPS) is 10.7. The number of hydrogen-bond acceptors (Lipinski definition) is 4. The van der Waals surface area contributed by atoms with E-state index in [1.54, 1.807) is 6.20 Å². The summed E-state index contributed by atoms with van der Waals surface area (Å²) in [5.74, 6) is 1.53. The predicted octanol–water partition coefficient (Wildman–Crippen LogP) is 1.92. The first-order chi connectivity index (χ1) is 9.85. The zero-order chi connectivity index (χ0) is 13.8. The molecule has 0 aliphatic heterocycles. The molecule has 2 aromatic heterocycles. The lowest BCUT2D eigenvalue weighted by Crippen LogP contribution is -1.95. The molecule has 100 valence electrons. The Morgan fingerprint density at radius 2 is 1.90 bits per heavy atom. The average molecular weight is 265 g/mol. The molecule has 0 amide bonds. The van der Waals surface area contributed by atoms with Crippen LogP contribution in [-0.2, 0) is 13.0 Å². The van der Waals surface area contributed by atoms with Gasteiger partial charge in [-0.3, -0.25) is 10.1 Å². The minimum atomic E-state index is 0.542. The maximum absolute atomic E-state index is 5.59. The lowest BCUT2D eigenvalue weighted by atomic mass is 10.1. The van der Waals surface area contributed by atoms with Gasteiger partial charge in [-0.1, -0.05) is 30.3 Å². The summed E-state index contributed by atoms with van der Waals surface area (Å²) in [6, 6.07) is 11.9. The van der Waals surface area contributed by atoms with Gasteiger partial charge in [0.15, 0.2) is 5.82 Å². The maximum atomic E-state index is 5.59. The fourth-order valence-corrected chi connectivity index (χ4v) is 1.99. The second-order valence-electron chi connectivity index (χ2n) is 4.54. The summed E-state index contributed by atoms with van der Waals surface area (Å²) in [6.45, 7) is 0.542. The van der Waals surface area contributed by atoms with Crippen molar-refractivity contribution in [2.24, 2.45) is 5.73 Å². The largest absolute Gasteiger partial charge is 0.326 e. The van der Waals surface area contributed by atoms with Gasteiger partial charge in [-0.25, -0.2) is 4.98 Å². The van der Waals surface area contributed by atoms with E-state index in [1.165, 1.54) is 0 Å². The van der Waals surface area contributed by atoms with Gasteiger partial charge < -0.3 is 5.73 Å². The van der Waals surface area contributed by atoms with Gasteiger partial charge in [0, 0.05) is 30.9 Å². The van der Waals surface area contributed by atoms with Crippen LogP contribution < -0.4 is 5.73 Å². The molecule has 2 heterocycles. The third-order valence-electron chi connectivity index (χ3n) is 3.07. The van der Waals surface area contributed by atoms with Crippen molar-refractivity contribution in [3.8, 4) is 11.4 Å². The molecule has 0 aliphatic rings. The van der Waals surface area contributed by atoms with E-state index in [9.17, 15) is 0 Å². The Hall–Kier alpha value is -2.53. The van der Waals surface area contributed by atoms with Gasteiger partial charge in [0.25, 0.3) is 0 Å². The molecule has 5 nitrogen and oxygen atoms in total. The van der Waals surface area contributed by atoms with Gasteiger partial charge in [-0.2, -0.15) is 5.10 Å². The minimum absolute atomic E-state index is 0.542. The number of benzene rings is 1. The maximum Gasteiger partial charge on any atom is 0.181 e. The van der Waals surface area contributed by atoms with Gasteiger partial charge in [0.1, 0.15) is 5.82 Å². The fourth-order valence-electron chi connectivity index (χ4n) is 1.99. The average Bonchev–Trinajstić information content (AvgIpc) is 2.97. The first-order valence-electron chi connectivity index (χ1n) is 6.45. The molecule has 3 rings (SSSR count). The van der Waals surface area contributed by atoms with Crippen LogP contribution in [0, 0.1) is 0 Å². The molecule has 0 saturated heterocycles. The summed E-state index contributed by atoms with van der Waals surface area (Å²) < 4.78 is 0. The summed E-state index contributed by atoms with van der Waals surface area (Å²) >= 11 is 0. The third-order valence-corrected chi connectivity index (χ3v) is 3.07. The van der Waals surface area contributed by atoms with Crippen LogP contribution in [0.25, 0.3) is 11.4 Å². The predicted molar refractivity (Wildman–Crippen MR) is 76.8 cm³/mol. The Balaban J connectivity index is 1.79. The van der Waals surface area contributed by atoms with Gasteiger partial charge in [-0.15, -0.1) is 0 Å². The number of nitrogens with one attached hydrogen (secondary N) is 1. The molecule has 3 N–H and O–H groups in total. The van der Waals surface area contributed by atoms with Crippen molar-refractivity contribution < 1.29 is 0 Å². The van der Waals surface area contributed by atoms with Crippen molar-refractivity contribution >= 4 is 0 Å². The summed E-state index contributed by atoms with van der Waals surface area (Å²) in [6.07, 6.45) is 4.29. The van der Waals surface area contributed by atoms with Crippen LogP contribution >= 0.6 is 0 Å². The lowest BCUT2D eigenvalue weighted by molar-refractivity contribution is 0.966. The second-order valence-corrected chi connectivity index (χ2v) is 4.54. The molecular formula is C15H15N5. The molecule has 0 unspecified atom stereocenters. The molecule has 0 aliphatic carbocycles. The molecule has 0 fully saturated rings. The molecule has 0 saturated carbocycles. The zero-order valence-corrected chi connectivity index (χ0v) is 11.0. The van der Waals surface area contributed by atoms with Crippen LogP contribution in [0.15, 0.2) is 48.8 Å². The van der Waals surface area contributed by atoms with E-state index in [2.05, 4.69) is 20.2 Å². The molecular weight excluding hydrogens is 250 g/mol. The zero-order valence-electron chi connectivity index (χ0n) is 11.0. The van der Waals surface area contributed by atoms with Gasteiger partial charge in [-0.05, 0) is 17.2 Å². The number of aromatic amines is 1. The van der Waals surface area contributed by atoms with Gasteiger partial charge in [0.2, 0.25) is 0 Å². The highest BCUT2D eigenvalue weighted by Gasteiger charge is 2.06. The van der Waals surface area contributed by atoms with Crippen LogP contribution in [0.2, 0.25) is 0 Å². The van der Waals surface area contributed by atoms with Crippen molar-refractivity contribution in [2.75, 3.05) is 0 Å². The van der Waals surface area contributed by atoms with E-state index in [-0.39, 0.29) is 0 Å². The second kappa shape index (κ2) is 5.63. The molecule has 5 heteroatoms. The van der Waals surface area contributed by atoms with E-state index in [1.807, 2.05) is 42.6 Å². The summed E-state index contributed by atoms with van der Waals surface area (Å²) in [4.78, 5) is 8.60. The van der Waals surface area contributed by atoms with E-state index >= 15 is 0 Å². The Labute approximate surface area is 116 Å². The van der Waals surface area contributed by atoms with E-state index in [4.69, 9.17) is 5.73 Å². The topological polar surface area (TPSA) is 80.5 Å². The molecule has 0 spiro atoms. The minimum Gasteiger partial charge on any atom is -0.326 e. The molecule has 0 radical (unpaired) electrons. The van der Waals surface area contributed by atoms with Gasteiger partial charge >= 0.3 is 0 Å². The van der Waals surface area contributed by atoms with Crippen LogP contribution in [0.5, 0.6) is 0 Å². The molecule has 3 aromatic rings. The van der Waals surface area contributed by atoms with Crippen molar-refractivity contribution in [3.05, 3.63) is 65.7 Å². The Morgan fingerprint density at radius 3 is 2.60 bits per heavy atom. The van der Waals surface area contributed by atoms with Crippen molar-refractivity contribution in [3.63, 3.8) is 0 Å². The number of hydrogen-bond donors (Lipinski definition) is 2. The Morgan fingerprint density at radius 1 is 1.05 bits per heavy atom. The standard InChI is InChI=1S/C15H15N5/c16-9-11-3-5-13(6-4-11)15-18-14(19-20-15)8-12-2-1-7-17-10-12/h1-7,10H,8-9,16H2,(H,18,19,20). The highest BCUT2D eigenvalue weighted by molar-refractivity contribution is 5.54. The SMILES string of the molecule is NCc1ccc(-c2n[nH]c(Cc3cccnc3)n2)cc1. The monoisotopic (exact) mass is 265 g/mol. The van der Waals surface area contributed by atoms with Crippen LogP contribution in [0.4, 0.5) is 0 Å². The number of pyridine rings is 1. The van der Waals surface area contributed by atoms with Crippen molar-refractivity contribution in [1.29, 1.82) is 0 Å². The highest BCUT2D eigenvalue weighted by atomic mass is 15.2. The van der Waals surface area contributed by atoms with Crippen LogP contribution in [0.3, 0.4) is 0 Å². The summed E-state index contributed by atoms with van der Waals surface area (Å²) in [5, 5.41) is 7.22. The fraction of sp³-hybridized carbons (Fsp3) is 0.133. The van der Waals surface area contributed by atoms with E-state index in [0.29, 0.717) is 18.8 Å². The first-order valence-corrected chi connectivity index (χ1v) is 6.45. The Kier molecular flexibility index (Phi) is 3.52. The van der Waals surface area contributed by atoms with E-state index < -0.39 is 0 Å². The summed E-state index contributed by atoms with van der Waals surface area (Å²) in [7, 11) is 0. The van der Waals surface area contributed by atoms with Crippen molar-refractivity contribution in [1.82, 2.24) is 20.2 Å². The molecule has 1 aromatic carbocycles. The van der Waals surface area contributed by atoms with E-state index in [0.717, 1.165) is 22.5 Å². The van der Waals surface area contributed by atoms with Gasteiger partial charge in [0.05, 0.1) is 0 Å².